The van der Waals surface area contributed by atoms with E-state index in [4.69, 9.17) is 10.5 Å². The Morgan fingerprint density at radius 1 is 1.20 bits per heavy atom. The number of rotatable bonds is 4. The number of hydrogen-bond donors (Lipinski definition) is 1. The van der Waals surface area contributed by atoms with Gasteiger partial charge in [-0.15, -0.1) is 22.7 Å². The van der Waals surface area contributed by atoms with Crippen molar-refractivity contribution in [2.24, 2.45) is 5.73 Å². The highest BCUT2D eigenvalue weighted by Gasteiger charge is 2.14. The van der Waals surface area contributed by atoms with Crippen molar-refractivity contribution in [2.75, 3.05) is 7.11 Å². The summed E-state index contributed by atoms with van der Waals surface area (Å²) in [5, 5.41) is 2.13. The van der Waals surface area contributed by atoms with Crippen molar-refractivity contribution < 1.29 is 4.74 Å². The maximum atomic E-state index is 6.38. The van der Waals surface area contributed by atoms with Crippen molar-refractivity contribution in [1.82, 2.24) is 0 Å². The molecule has 20 heavy (non-hydrogen) atoms. The van der Waals surface area contributed by atoms with Crippen molar-refractivity contribution in [2.45, 2.75) is 19.4 Å². The van der Waals surface area contributed by atoms with Crippen LogP contribution in [0.3, 0.4) is 0 Å². The van der Waals surface area contributed by atoms with Crippen molar-refractivity contribution in [3.63, 3.8) is 0 Å². The minimum absolute atomic E-state index is 0.0234. The van der Waals surface area contributed by atoms with E-state index in [0.717, 1.165) is 12.2 Å². The monoisotopic (exact) mass is 303 g/mol. The highest BCUT2D eigenvalue weighted by Crippen LogP contribution is 2.34. The summed E-state index contributed by atoms with van der Waals surface area (Å²) in [4.78, 5) is 1.25. The Hall–Kier alpha value is -1.36. The number of nitrogens with two attached hydrogens (primary N) is 1. The first-order valence-corrected chi connectivity index (χ1v) is 8.23. The van der Waals surface area contributed by atoms with Gasteiger partial charge in [-0.25, -0.2) is 0 Å². The van der Waals surface area contributed by atoms with Crippen LogP contribution in [0.1, 0.15) is 22.0 Å². The summed E-state index contributed by atoms with van der Waals surface area (Å²) in [5.74, 6) is 0.921. The summed E-state index contributed by atoms with van der Waals surface area (Å²) in [6.07, 6.45) is 0.804. The quantitative estimate of drug-likeness (QED) is 0.769. The van der Waals surface area contributed by atoms with Crippen LogP contribution in [0.4, 0.5) is 0 Å². The van der Waals surface area contributed by atoms with Crippen LogP contribution in [0.2, 0.25) is 0 Å². The number of aryl methyl sites for hydroxylation is 1. The second kappa shape index (κ2) is 5.56. The molecule has 2 nitrogen and oxygen atoms in total. The van der Waals surface area contributed by atoms with Crippen LogP contribution >= 0.6 is 22.7 Å². The predicted octanol–water partition coefficient (Wildman–Crippen LogP) is 4.52. The van der Waals surface area contributed by atoms with E-state index < -0.39 is 0 Å². The molecule has 3 aromatic rings. The van der Waals surface area contributed by atoms with E-state index in [2.05, 4.69) is 36.6 Å². The normalized spacial score (nSPS) is 12.8. The minimum Gasteiger partial charge on any atom is -0.496 e. The Morgan fingerprint density at radius 3 is 2.80 bits per heavy atom. The van der Waals surface area contributed by atoms with E-state index in [1.165, 1.54) is 25.4 Å². The minimum atomic E-state index is 0.0234. The van der Waals surface area contributed by atoms with Gasteiger partial charge in [0.25, 0.3) is 0 Å². The van der Waals surface area contributed by atoms with Gasteiger partial charge in [-0.1, -0.05) is 17.7 Å². The number of fused-ring (bicyclic) bond motifs is 1. The highest BCUT2D eigenvalue weighted by atomic mass is 32.1. The van der Waals surface area contributed by atoms with Gasteiger partial charge in [-0.3, -0.25) is 0 Å². The molecule has 0 amide bonds. The molecule has 1 atom stereocenters. The molecule has 0 aliphatic carbocycles. The fourth-order valence-electron chi connectivity index (χ4n) is 2.37. The molecule has 0 saturated carbocycles. The lowest BCUT2D eigenvalue weighted by atomic mass is 10.0. The molecular formula is C16H17NOS2. The molecule has 3 rings (SSSR count). The van der Waals surface area contributed by atoms with Crippen LogP contribution in [0.25, 0.3) is 9.40 Å². The molecule has 0 aliphatic heterocycles. The van der Waals surface area contributed by atoms with Crippen molar-refractivity contribution in [3.8, 4) is 5.75 Å². The SMILES string of the molecule is COc1ccc(C)cc1CC(N)c1cc2sccc2s1. The maximum absolute atomic E-state index is 6.38. The van der Waals surface area contributed by atoms with Gasteiger partial charge in [0, 0.05) is 20.3 Å². The number of ether oxygens (including phenoxy) is 1. The van der Waals surface area contributed by atoms with E-state index in [9.17, 15) is 0 Å². The predicted molar refractivity (Wildman–Crippen MR) is 88.1 cm³/mol. The van der Waals surface area contributed by atoms with E-state index in [1.54, 1.807) is 29.8 Å². The van der Waals surface area contributed by atoms with Crippen LogP contribution in [0.15, 0.2) is 35.7 Å². The molecule has 0 spiro atoms. The van der Waals surface area contributed by atoms with E-state index in [-0.39, 0.29) is 6.04 Å². The lowest BCUT2D eigenvalue weighted by Crippen LogP contribution is -2.12. The zero-order valence-electron chi connectivity index (χ0n) is 11.6. The number of hydrogen-bond acceptors (Lipinski definition) is 4. The summed E-state index contributed by atoms with van der Waals surface area (Å²) >= 11 is 3.57. The van der Waals surface area contributed by atoms with E-state index in [1.807, 2.05) is 6.07 Å². The summed E-state index contributed by atoms with van der Waals surface area (Å²) in [7, 11) is 1.71. The fourth-order valence-corrected chi connectivity index (χ4v) is 4.49. The van der Waals surface area contributed by atoms with Gasteiger partial charge >= 0.3 is 0 Å². The third-order valence-corrected chi connectivity index (χ3v) is 5.62. The number of methoxy groups -OCH3 is 1. The largest absolute Gasteiger partial charge is 0.496 e. The third-order valence-electron chi connectivity index (χ3n) is 3.40. The molecular weight excluding hydrogens is 286 g/mol. The van der Waals surface area contributed by atoms with Gasteiger partial charge in [0.05, 0.1) is 7.11 Å². The van der Waals surface area contributed by atoms with Crippen LogP contribution in [-0.2, 0) is 6.42 Å². The van der Waals surface area contributed by atoms with E-state index >= 15 is 0 Å². The topological polar surface area (TPSA) is 35.2 Å². The molecule has 2 N–H and O–H groups in total. The summed E-state index contributed by atoms with van der Waals surface area (Å²) < 4.78 is 8.09. The zero-order chi connectivity index (χ0) is 14.1. The summed E-state index contributed by atoms with van der Waals surface area (Å²) in [5.41, 5.74) is 8.80. The van der Waals surface area contributed by atoms with Crippen molar-refractivity contribution in [3.05, 3.63) is 51.7 Å². The Morgan fingerprint density at radius 2 is 2.05 bits per heavy atom. The van der Waals surface area contributed by atoms with Crippen LogP contribution in [0, 0.1) is 6.92 Å². The fraction of sp³-hybridized carbons (Fsp3) is 0.250. The highest BCUT2D eigenvalue weighted by molar-refractivity contribution is 7.26. The average Bonchev–Trinajstić information content (AvgIpc) is 2.99. The van der Waals surface area contributed by atoms with E-state index in [0.29, 0.717) is 0 Å². The van der Waals surface area contributed by atoms with Crippen LogP contribution in [-0.4, -0.2) is 7.11 Å². The number of thiophene rings is 2. The molecule has 0 saturated heterocycles. The molecule has 0 radical (unpaired) electrons. The number of benzene rings is 1. The van der Waals surface area contributed by atoms with Gasteiger partial charge in [-0.05, 0) is 42.5 Å². The zero-order valence-corrected chi connectivity index (χ0v) is 13.2. The van der Waals surface area contributed by atoms with Crippen molar-refractivity contribution in [1.29, 1.82) is 0 Å². The molecule has 104 valence electrons. The Kier molecular flexibility index (Phi) is 3.78. The average molecular weight is 303 g/mol. The standard InChI is InChI=1S/C16H17NOS2/c1-10-3-4-13(18-2)11(7-10)8-12(17)15-9-16-14(20-15)5-6-19-16/h3-7,9,12H,8,17H2,1-2H3. The molecule has 2 aromatic heterocycles. The van der Waals surface area contributed by atoms with Gasteiger partial charge in [0.2, 0.25) is 0 Å². The summed E-state index contributed by atoms with van der Waals surface area (Å²) in [6, 6.07) is 10.6. The maximum Gasteiger partial charge on any atom is 0.122 e. The second-order valence-electron chi connectivity index (χ2n) is 4.92. The van der Waals surface area contributed by atoms with Gasteiger partial charge < -0.3 is 10.5 Å². The molecule has 4 heteroatoms. The molecule has 2 heterocycles. The molecule has 0 bridgehead atoms. The molecule has 1 aromatic carbocycles. The lowest BCUT2D eigenvalue weighted by molar-refractivity contribution is 0.408. The molecule has 0 fully saturated rings. The lowest BCUT2D eigenvalue weighted by Gasteiger charge is -2.13. The Labute approximate surface area is 126 Å². The first-order valence-electron chi connectivity index (χ1n) is 6.53. The third kappa shape index (κ3) is 2.59. The second-order valence-corrected chi connectivity index (χ2v) is 6.99. The first-order chi connectivity index (χ1) is 9.67. The van der Waals surface area contributed by atoms with Crippen LogP contribution in [0.5, 0.6) is 5.75 Å². The summed E-state index contributed by atoms with van der Waals surface area (Å²) in [6.45, 7) is 2.09. The first kappa shape index (κ1) is 13.6. The van der Waals surface area contributed by atoms with Gasteiger partial charge in [0.1, 0.15) is 5.75 Å². The molecule has 1 unspecified atom stereocenters. The Bertz CT molecular complexity index is 700. The molecule has 0 aliphatic rings. The Balaban J connectivity index is 1.86. The van der Waals surface area contributed by atoms with Gasteiger partial charge in [0.15, 0.2) is 0 Å². The van der Waals surface area contributed by atoms with Crippen LogP contribution < -0.4 is 10.5 Å². The van der Waals surface area contributed by atoms with Crippen molar-refractivity contribution >= 4 is 32.1 Å². The smallest absolute Gasteiger partial charge is 0.122 e. The van der Waals surface area contributed by atoms with Gasteiger partial charge in [-0.2, -0.15) is 0 Å².